The molecule has 0 spiro atoms. The quantitative estimate of drug-likeness (QED) is 0.453. The SMILES string of the molecule is CC(=O)Oc1c(I)ccc(OC(F)F)c1OC(C)=O. The summed E-state index contributed by atoms with van der Waals surface area (Å²) >= 11 is 1.80. The molecule has 0 aliphatic rings. The maximum absolute atomic E-state index is 12.3. The van der Waals surface area contributed by atoms with Crippen LogP contribution in [-0.2, 0) is 9.59 Å². The average molecular weight is 386 g/mol. The van der Waals surface area contributed by atoms with Crippen LogP contribution in [-0.4, -0.2) is 18.6 Å². The van der Waals surface area contributed by atoms with Crippen LogP contribution < -0.4 is 14.2 Å². The first-order valence-corrected chi connectivity index (χ1v) is 6.03. The van der Waals surface area contributed by atoms with E-state index in [4.69, 9.17) is 9.47 Å². The highest BCUT2D eigenvalue weighted by molar-refractivity contribution is 14.1. The molecule has 0 heterocycles. The highest BCUT2D eigenvalue weighted by Gasteiger charge is 2.21. The van der Waals surface area contributed by atoms with Gasteiger partial charge in [0.05, 0.1) is 3.57 Å². The largest absolute Gasteiger partial charge is 0.431 e. The molecule has 8 heteroatoms. The number of esters is 2. The third-order valence-electron chi connectivity index (χ3n) is 1.74. The monoisotopic (exact) mass is 386 g/mol. The molecular weight excluding hydrogens is 377 g/mol. The van der Waals surface area contributed by atoms with Gasteiger partial charge in [0.15, 0.2) is 11.5 Å². The lowest BCUT2D eigenvalue weighted by molar-refractivity contribution is -0.135. The Kier molecular flexibility index (Phi) is 5.45. The molecule has 1 rings (SSSR count). The summed E-state index contributed by atoms with van der Waals surface area (Å²) in [6, 6.07) is 2.59. The summed E-state index contributed by atoms with van der Waals surface area (Å²) in [4.78, 5) is 22.0. The molecule has 104 valence electrons. The summed E-state index contributed by atoms with van der Waals surface area (Å²) in [5.74, 6) is -2.31. The van der Waals surface area contributed by atoms with E-state index in [9.17, 15) is 18.4 Å². The van der Waals surface area contributed by atoms with Crippen LogP contribution in [0.25, 0.3) is 0 Å². The number of rotatable bonds is 4. The molecule has 0 saturated carbocycles. The molecule has 0 aliphatic carbocycles. The van der Waals surface area contributed by atoms with Crippen LogP contribution in [0.3, 0.4) is 0 Å². The highest BCUT2D eigenvalue weighted by Crippen LogP contribution is 2.41. The zero-order valence-electron chi connectivity index (χ0n) is 9.91. The summed E-state index contributed by atoms with van der Waals surface area (Å²) < 4.78 is 38.8. The maximum atomic E-state index is 12.3. The van der Waals surface area contributed by atoms with Gasteiger partial charge in [-0.3, -0.25) is 9.59 Å². The van der Waals surface area contributed by atoms with Crippen LogP contribution in [0.1, 0.15) is 13.8 Å². The van der Waals surface area contributed by atoms with E-state index in [0.29, 0.717) is 3.57 Å². The van der Waals surface area contributed by atoms with Crippen molar-refractivity contribution in [2.24, 2.45) is 0 Å². The molecule has 0 N–H and O–H groups in total. The van der Waals surface area contributed by atoms with Crippen LogP contribution in [0.4, 0.5) is 8.78 Å². The molecule has 0 unspecified atom stereocenters. The number of ether oxygens (including phenoxy) is 3. The third-order valence-corrected chi connectivity index (χ3v) is 2.59. The standard InChI is InChI=1S/C11H9F2IO5/c1-5(15)17-9-7(14)3-4-8(19-11(12)13)10(9)18-6(2)16/h3-4,11H,1-2H3. The van der Waals surface area contributed by atoms with Crippen molar-refractivity contribution in [3.63, 3.8) is 0 Å². The Balaban J connectivity index is 3.31. The van der Waals surface area contributed by atoms with Gasteiger partial charge in [-0.2, -0.15) is 8.78 Å². The smallest absolute Gasteiger partial charge is 0.387 e. The molecule has 5 nitrogen and oxygen atoms in total. The molecule has 19 heavy (non-hydrogen) atoms. The van der Waals surface area contributed by atoms with Crippen LogP contribution in [0.2, 0.25) is 0 Å². The van der Waals surface area contributed by atoms with Crippen LogP contribution >= 0.6 is 22.6 Å². The number of alkyl halides is 2. The van der Waals surface area contributed by atoms with Gasteiger partial charge in [-0.1, -0.05) is 0 Å². The van der Waals surface area contributed by atoms with Crippen LogP contribution in [0.15, 0.2) is 12.1 Å². The molecule has 0 aromatic heterocycles. The summed E-state index contributed by atoms with van der Waals surface area (Å²) in [5, 5.41) is 0. The van der Waals surface area contributed by atoms with E-state index in [1.54, 1.807) is 22.6 Å². The fraction of sp³-hybridized carbons (Fsp3) is 0.273. The van der Waals surface area contributed by atoms with Crippen molar-refractivity contribution in [2.75, 3.05) is 0 Å². The minimum absolute atomic E-state index is 0.138. The van der Waals surface area contributed by atoms with Crippen LogP contribution in [0.5, 0.6) is 17.2 Å². The Morgan fingerprint density at radius 2 is 1.63 bits per heavy atom. The average Bonchev–Trinajstić information content (AvgIpc) is 2.25. The Hall–Kier alpha value is -1.45. The lowest BCUT2D eigenvalue weighted by Crippen LogP contribution is -2.11. The van der Waals surface area contributed by atoms with Crippen LogP contribution in [0, 0.1) is 3.57 Å². The van der Waals surface area contributed by atoms with Gasteiger partial charge in [0.25, 0.3) is 0 Å². The van der Waals surface area contributed by atoms with Crippen molar-refractivity contribution in [3.8, 4) is 17.2 Å². The van der Waals surface area contributed by atoms with E-state index in [-0.39, 0.29) is 17.2 Å². The number of benzene rings is 1. The van der Waals surface area contributed by atoms with Crippen molar-refractivity contribution in [1.29, 1.82) is 0 Å². The summed E-state index contributed by atoms with van der Waals surface area (Å²) in [6.45, 7) is -0.878. The fourth-order valence-electron chi connectivity index (χ4n) is 1.19. The first kappa shape index (κ1) is 15.6. The van der Waals surface area contributed by atoms with Gasteiger partial charge >= 0.3 is 18.6 Å². The van der Waals surface area contributed by atoms with Gasteiger partial charge < -0.3 is 14.2 Å². The van der Waals surface area contributed by atoms with Gasteiger partial charge in [0, 0.05) is 13.8 Å². The first-order chi connectivity index (χ1) is 8.81. The van der Waals surface area contributed by atoms with E-state index in [2.05, 4.69) is 4.74 Å². The Morgan fingerprint density at radius 1 is 1.11 bits per heavy atom. The Morgan fingerprint density at radius 3 is 2.11 bits per heavy atom. The second kappa shape index (κ2) is 6.64. The number of hydrogen-bond donors (Lipinski definition) is 0. The predicted molar refractivity (Wildman–Crippen MR) is 68.4 cm³/mol. The second-order valence-electron chi connectivity index (χ2n) is 3.27. The zero-order chi connectivity index (χ0) is 14.6. The zero-order valence-corrected chi connectivity index (χ0v) is 12.1. The number of carbonyl (C=O) groups is 2. The third kappa shape index (κ3) is 4.62. The minimum atomic E-state index is -3.10. The number of hydrogen-bond acceptors (Lipinski definition) is 5. The van der Waals surface area contributed by atoms with Gasteiger partial charge in [-0.15, -0.1) is 0 Å². The minimum Gasteiger partial charge on any atom is -0.431 e. The van der Waals surface area contributed by atoms with Crippen molar-refractivity contribution in [2.45, 2.75) is 20.5 Å². The maximum Gasteiger partial charge on any atom is 0.387 e. The van der Waals surface area contributed by atoms with Gasteiger partial charge in [0.1, 0.15) is 0 Å². The topological polar surface area (TPSA) is 61.8 Å². The van der Waals surface area contributed by atoms with E-state index in [1.165, 1.54) is 12.1 Å². The van der Waals surface area contributed by atoms with Crippen molar-refractivity contribution >= 4 is 34.5 Å². The number of carbonyl (C=O) groups excluding carboxylic acids is 2. The van der Waals surface area contributed by atoms with Crippen molar-refractivity contribution in [1.82, 2.24) is 0 Å². The van der Waals surface area contributed by atoms with E-state index in [1.807, 2.05) is 0 Å². The Labute approximate surface area is 121 Å². The molecule has 0 atom stereocenters. The first-order valence-electron chi connectivity index (χ1n) is 4.95. The summed E-state index contributed by atoms with van der Waals surface area (Å²) in [6.07, 6.45) is 0. The molecule has 0 bridgehead atoms. The highest BCUT2D eigenvalue weighted by atomic mass is 127. The normalized spacial score (nSPS) is 10.2. The van der Waals surface area contributed by atoms with Gasteiger partial charge in [-0.25, -0.2) is 0 Å². The fourth-order valence-corrected chi connectivity index (χ4v) is 1.72. The molecule has 1 aromatic rings. The van der Waals surface area contributed by atoms with E-state index >= 15 is 0 Å². The summed E-state index contributed by atoms with van der Waals surface area (Å²) in [5.41, 5.74) is 0. The van der Waals surface area contributed by atoms with E-state index in [0.717, 1.165) is 13.8 Å². The lowest BCUT2D eigenvalue weighted by Gasteiger charge is -2.14. The van der Waals surface area contributed by atoms with E-state index < -0.39 is 18.6 Å². The van der Waals surface area contributed by atoms with Gasteiger partial charge in [0.2, 0.25) is 5.75 Å². The molecule has 1 aromatic carbocycles. The molecule has 0 amide bonds. The Bertz CT molecular complexity index is 504. The van der Waals surface area contributed by atoms with Crippen molar-refractivity contribution < 1.29 is 32.6 Å². The number of halogens is 3. The molecule has 0 aliphatic heterocycles. The lowest BCUT2D eigenvalue weighted by atomic mass is 10.3. The molecular formula is C11H9F2IO5. The molecule has 0 fully saturated rings. The second-order valence-corrected chi connectivity index (χ2v) is 4.43. The predicted octanol–water partition coefficient (Wildman–Crippen LogP) is 2.74. The molecule has 0 radical (unpaired) electrons. The van der Waals surface area contributed by atoms with Gasteiger partial charge in [-0.05, 0) is 34.7 Å². The molecule has 0 saturated heterocycles. The summed E-state index contributed by atoms with van der Waals surface area (Å²) in [7, 11) is 0. The van der Waals surface area contributed by atoms with Crippen molar-refractivity contribution in [3.05, 3.63) is 15.7 Å².